The van der Waals surface area contributed by atoms with Gasteiger partial charge in [0, 0.05) is 18.2 Å². The van der Waals surface area contributed by atoms with Gasteiger partial charge < -0.3 is 20.2 Å². The molecule has 1 aliphatic rings. The molecule has 2 heterocycles. The van der Waals surface area contributed by atoms with E-state index in [1.54, 1.807) is 25.1 Å². The van der Waals surface area contributed by atoms with Crippen molar-refractivity contribution in [3.63, 3.8) is 0 Å². The van der Waals surface area contributed by atoms with Gasteiger partial charge in [0.1, 0.15) is 17.1 Å². The van der Waals surface area contributed by atoms with Crippen LogP contribution in [0.1, 0.15) is 40.4 Å². The predicted octanol–water partition coefficient (Wildman–Crippen LogP) is 2.79. The Labute approximate surface area is 151 Å². The number of aryl methyl sites for hydroxylation is 1. The predicted molar refractivity (Wildman–Crippen MR) is 97.9 cm³/mol. The zero-order valence-corrected chi connectivity index (χ0v) is 14.7. The van der Waals surface area contributed by atoms with Crippen molar-refractivity contribution in [3.05, 3.63) is 57.6 Å². The molecule has 1 amide bonds. The minimum absolute atomic E-state index is 0. The van der Waals surface area contributed by atoms with E-state index in [1.807, 2.05) is 0 Å². The van der Waals surface area contributed by atoms with Gasteiger partial charge in [0.2, 0.25) is 0 Å². The van der Waals surface area contributed by atoms with Crippen LogP contribution in [0, 0.1) is 6.92 Å². The second-order valence-electron chi connectivity index (χ2n) is 6.04. The summed E-state index contributed by atoms with van der Waals surface area (Å²) in [6.45, 7) is 3.50. The van der Waals surface area contributed by atoms with E-state index in [1.165, 1.54) is 12.1 Å². The Morgan fingerprint density at radius 3 is 2.64 bits per heavy atom. The lowest BCUT2D eigenvalue weighted by atomic mass is 9.95. The van der Waals surface area contributed by atoms with E-state index >= 15 is 0 Å². The molecule has 1 fully saturated rings. The zero-order valence-electron chi connectivity index (χ0n) is 13.9. The maximum atomic E-state index is 12.4. The molecule has 1 aliphatic heterocycles. The summed E-state index contributed by atoms with van der Waals surface area (Å²) < 4.78 is 5.41. The van der Waals surface area contributed by atoms with Crippen LogP contribution < -0.4 is 16.3 Å². The van der Waals surface area contributed by atoms with Gasteiger partial charge in [-0.05, 0) is 62.2 Å². The third kappa shape index (κ3) is 4.41. The second-order valence-corrected chi connectivity index (χ2v) is 6.04. The Morgan fingerprint density at radius 2 is 2.04 bits per heavy atom. The van der Waals surface area contributed by atoms with Crippen LogP contribution >= 0.6 is 12.4 Å². The van der Waals surface area contributed by atoms with Crippen molar-refractivity contribution in [1.29, 1.82) is 0 Å². The number of amides is 1. The van der Waals surface area contributed by atoms with E-state index in [2.05, 4.69) is 10.6 Å². The minimum atomic E-state index is -0.619. The van der Waals surface area contributed by atoms with Gasteiger partial charge in [0.15, 0.2) is 0 Å². The Balaban J connectivity index is 0.00000225. The number of phenols is 1. The molecule has 3 N–H and O–H groups in total. The standard InChI is InChI=1S/C18H20N2O4.ClH/c1-11-9-15(12-3-2-8-19-10-12)24-18(23)16(11)17(22)20-13-4-6-14(21)7-5-13;/h4-7,9,12,19,21H,2-3,8,10H2,1H3,(H,20,22);1H. The maximum Gasteiger partial charge on any atom is 0.349 e. The lowest BCUT2D eigenvalue weighted by Gasteiger charge is -2.22. The summed E-state index contributed by atoms with van der Waals surface area (Å²) in [6.07, 6.45) is 2.00. The number of aromatic hydroxyl groups is 1. The first-order valence-corrected chi connectivity index (χ1v) is 8.00. The summed E-state index contributed by atoms with van der Waals surface area (Å²) in [4.78, 5) is 24.7. The van der Waals surface area contributed by atoms with Gasteiger partial charge >= 0.3 is 5.63 Å². The third-order valence-electron chi connectivity index (χ3n) is 4.22. The number of carbonyl (C=O) groups excluding carboxylic acids is 1. The maximum absolute atomic E-state index is 12.4. The van der Waals surface area contributed by atoms with Crippen LogP contribution in [0.25, 0.3) is 0 Å². The van der Waals surface area contributed by atoms with Crippen molar-refractivity contribution in [3.8, 4) is 5.75 Å². The molecule has 7 heteroatoms. The molecule has 0 spiro atoms. The Morgan fingerprint density at radius 1 is 1.32 bits per heavy atom. The number of hydrogen-bond donors (Lipinski definition) is 3. The Hall–Kier alpha value is -2.31. The molecule has 0 aliphatic carbocycles. The summed E-state index contributed by atoms with van der Waals surface area (Å²) in [6, 6.07) is 7.83. The molecule has 0 bridgehead atoms. The van der Waals surface area contributed by atoms with Crippen LogP contribution in [0.15, 0.2) is 39.5 Å². The molecule has 1 atom stereocenters. The topological polar surface area (TPSA) is 91.6 Å². The summed E-state index contributed by atoms with van der Waals surface area (Å²) in [5.74, 6) is 0.389. The number of phenolic OH excluding ortho intramolecular Hbond substituents is 1. The molecule has 25 heavy (non-hydrogen) atoms. The molecule has 0 radical (unpaired) electrons. The average molecular weight is 365 g/mol. The number of hydrogen-bond acceptors (Lipinski definition) is 5. The summed E-state index contributed by atoms with van der Waals surface area (Å²) in [5, 5.41) is 15.2. The van der Waals surface area contributed by atoms with E-state index in [4.69, 9.17) is 4.42 Å². The van der Waals surface area contributed by atoms with Crippen LogP contribution in [0.4, 0.5) is 5.69 Å². The Bertz CT molecular complexity index is 796. The molecule has 1 aromatic carbocycles. The third-order valence-corrected chi connectivity index (χ3v) is 4.22. The van der Waals surface area contributed by atoms with E-state index in [0.29, 0.717) is 17.0 Å². The highest BCUT2D eigenvalue weighted by Crippen LogP contribution is 2.24. The smallest absolute Gasteiger partial charge is 0.349 e. The van der Waals surface area contributed by atoms with Gasteiger partial charge in [0.05, 0.1) is 0 Å². The van der Waals surface area contributed by atoms with E-state index < -0.39 is 11.5 Å². The molecular weight excluding hydrogens is 344 g/mol. The van der Waals surface area contributed by atoms with Gasteiger partial charge in [-0.25, -0.2) is 4.79 Å². The van der Waals surface area contributed by atoms with Crippen molar-refractivity contribution in [2.75, 3.05) is 18.4 Å². The molecule has 0 saturated carbocycles. The second kappa shape index (κ2) is 8.18. The van der Waals surface area contributed by atoms with Crippen molar-refractivity contribution < 1.29 is 14.3 Å². The van der Waals surface area contributed by atoms with Crippen molar-refractivity contribution >= 4 is 24.0 Å². The van der Waals surface area contributed by atoms with Gasteiger partial charge in [-0.3, -0.25) is 4.79 Å². The average Bonchev–Trinajstić information content (AvgIpc) is 2.57. The van der Waals surface area contributed by atoms with E-state index in [-0.39, 0.29) is 29.6 Å². The van der Waals surface area contributed by atoms with E-state index in [9.17, 15) is 14.7 Å². The SMILES string of the molecule is Cc1cc(C2CCCNC2)oc(=O)c1C(=O)Nc1ccc(O)cc1.Cl. The fraction of sp³-hybridized carbons (Fsp3) is 0.333. The number of halogens is 1. The van der Waals surface area contributed by atoms with Gasteiger partial charge in [0.25, 0.3) is 5.91 Å². The number of benzene rings is 1. The van der Waals surface area contributed by atoms with E-state index in [0.717, 1.165) is 25.9 Å². The number of piperidine rings is 1. The lowest BCUT2D eigenvalue weighted by Crippen LogP contribution is -2.30. The monoisotopic (exact) mass is 364 g/mol. The van der Waals surface area contributed by atoms with Crippen molar-refractivity contribution in [2.45, 2.75) is 25.7 Å². The van der Waals surface area contributed by atoms with Crippen LogP contribution in [0.3, 0.4) is 0 Å². The van der Waals surface area contributed by atoms with Crippen LogP contribution in [0.5, 0.6) is 5.75 Å². The molecule has 1 unspecified atom stereocenters. The molecule has 1 saturated heterocycles. The zero-order chi connectivity index (χ0) is 17.1. The highest BCUT2D eigenvalue weighted by atomic mass is 35.5. The van der Waals surface area contributed by atoms with Crippen LogP contribution in [-0.2, 0) is 0 Å². The molecule has 134 valence electrons. The number of nitrogens with one attached hydrogen (secondary N) is 2. The summed E-state index contributed by atoms with van der Waals surface area (Å²) in [5.41, 5.74) is 0.489. The highest BCUT2D eigenvalue weighted by molar-refractivity contribution is 6.04. The molecular formula is C18H21ClN2O4. The molecule has 2 aromatic rings. The largest absolute Gasteiger partial charge is 0.508 e. The lowest BCUT2D eigenvalue weighted by molar-refractivity contribution is 0.102. The van der Waals surface area contributed by atoms with Crippen molar-refractivity contribution in [2.24, 2.45) is 0 Å². The summed E-state index contributed by atoms with van der Waals surface area (Å²) in [7, 11) is 0. The quantitative estimate of drug-likeness (QED) is 0.728. The first-order chi connectivity index (χ1) is 11.5. The van der Waals surface area contributed by atoms with Gasteiger partial charge in [-0.15, -0.1) is 12.4 Å². The first kappa shape index (κ1) is 19.0. The number of anilines is 1. The fourth-order valence-electron chi connectivity index (χ4n) is 2.94. The molecule has 1 aromatic heterocycles. The number of rotatable bonds is 3. The minimum Gasteiger partial charge on any atom is -0.508 e. The van der Waals surface area contributed by atoms with Gasteiger partial charge in [-0.1, -0.05) is 0 Å². The van der Waals surface area contributed by atoms with Gasteiger partial charge in [-0.2, -0.15) is 0 Å². The van der Waals surface area contributed by atoms with Crippen LogP contribution in [-0.4, -0.2) is 24.1 Å². The number of carbonyl (C=O) groups is 1. The van der Waals surface area contributed by atoms with Crippen LogP contribution in [0.2, 0.25) is 0 Å². The first-order valence-electron chi connectivity index (χ1n) is 8.00. The summed E-state index contributed by atoms with van der Waals surface area (Å²) >= 11 is 0. The van der Waals surface area contributed by atoms with Crippen molar-refractivity contribution in [1.82, 2.24) is 5.32 Å². The fourth-order valence-corrected chi connectivity index (χ4v) is 2.94. The highest BCUT2D eigenvalue weighted by Gasteiger charge is 2.22. The normalized spacial score (nSPS) is 16.8. The molecule has 6 nitrogen and oxygen atoms in total. The Kier molecular flexibility index (Phi) is 6.22. The molecule has 3 rings (SSSR count).